The molecule has 13 heavy (non-hydrogen) atoms. The van der Waals surface area contributed by atoms with E-state index in [0.717, 1.165) is 17.7 Å². The van der Waals surface area contributed by atoms with Crippen LogP contribution in [0.2, 0.25) is 0 Å². The number of hydrogen-bond acceptors (Lipinski definition) is 1. The molecule has 1 heterocycles. The van der Waals surface area contributed by atoms with E-state index in [4.69, 9.17) is 0 Å². The molecule has 1 radical (unpaired) electrons. The average molecular weight is 172 g/mol. The van der Waals surface area contributed by atoms with Crippen molar-refractivity contribution in [2.24, 2.45) is 0 Å². The highest BCUT2D eigenvalue weighted by Crippen LogP contribution is 2.34. The van der Waals surface area contributed by atoms with E-state index in [0.29, 0.717) is 6.04 Å². The van der Waals surface area contributed by atoms with Crippen LogP contribution in [0.25, 0.3) is 0 Å². The topological polar surface area (TPSA) is 20.3 Å². The van der Waals surface area contributed by atoms with Gasteiger partial charge in [0.05, 0.1) is 0 Å². The Morgan fingerprint density at radius 3 is 3.00 bits per heavy atom. The van der Waals surface area contributed by atoms with Crippen molar-refractivity contribution >= 4 is 5.91 Å². The van der Waals surface area contributed by atoms with E-state index in [1.165, 1.54) is 12.8 Å². The first-order valence-corrected chi connectivity index (χ1v) is 4.66. The SMILES string of the molecule is O=C1c2cc[c]cc2CN1C1CC1. The van der Waals surface area contributed by atoms with Crippen LogP contribution in [0.5, 0.6) is 0 Å². The quantitative estimate of drug-likeness (QED) is 0.630. The molecule has 0 bridgehead atoms. The third-order valence-corrected chi connectivity index (χ3v) is 2.77. The second-order valence-corrected chi connectivity index (χ2v) is 3.75. The summed E-state index contributed by atoms with van der Waals surface area (Å²) >= 11 is 0. The van der Waals surface area contributed by atoms with Crippen molar-refractivity contribution in [3.8, 4) is 0 Å². The van der Waals surface area contributed by atoms with Crippen molar-refractivity contribution in [3.05, 3.63) is 35.4 Å². The molecule has 1 amide bonds. The predicted molar refractivity (Wildman–Crippen MR) is 48.2 cm³/mol. The summed E-state index contributed by atoms with van der Waals surface area (Å²) in [5.74, 6) is 0.214. The van der Waals surface area contributed by atoms with Crippen molar-refractivity contribution in [3.63, 3.8) is 0 Å². The van der Waals surface area contributed by atoms with Crippen LogP contribution < -0.4 is 0 Å². The molecule has 65 valence electrons. The first-order chi connectivity index (χ1) is 6.36. The molecule has 0 unspecified atom stereocenters. The Hall–Kier alpha value is -1.31. The van der Waals surface area contributed by atoms with Gasteiger partial charge in [-0.2, -0.15) is 0 Å². The molecule has 3 rings (SSSR count). The Bertz CT molecular complexity index is 368. The number of benzene rings is 1. The zero-order chi connectivity index (χ0) is 8.84. The van der Waals surface area contributed by atoms with Gasteiger partial charge in [0.25, 0.3) is 5.91 Å². The standard InChI is InChI=1S/C11H10NO/c13-11-10-4-2-1-3-8(10)7-12(11)9-5-6-9/h2-4,9H,5-7H2. The van der Waals surface area contributed by atoms with Crippen LogP contribution in [0.4, 0.5) is 0 Å². The van der Waals surface area contributed by atoms with Crippen molar-refractivity contribution in [2.75, 3.05) is 0 Å². The number of fused-ring (bicyclic) bond motifs is 1. The smallest absolute Gasteiger partial charge is 0.254 e. The number of hydrogen-bond donors (Lipinski definition) is 0. The normalized spacial score (nSPS) is 20.6. The largest absolute Gasteiger partial charge is 0.331 e. The Labute approximate surface area is 77.2 Å². The third-order valence-electron chi connectivity index (χ3n) is 2.77. The van der Waals surface area contributed by atoms with E-state index in [1.54, 1.807) is 0 Å². The van der Waals surface area contributed by atoms with Crippen molar-refractivity contribution < 1.29 is 4.79 Å². The van der Waals surface area contributed by atoms with Gasteiger partial charge in [-0.3, -0.25) is 4.79 Å². The number of rotatable bonds is 1. The summed E-state index contributed by atoms with van der Waals surface area (Å²) in [4.78, 5) is 13.8. The molecule has 1 aromatic carbocycles. The first-order valence-electron chi connectivity index (χ1n) is 4.66. The van der Waals surface area contributed by atoms with Crippen LogP contribution >= 0.6 is 0 Å². The molecule has 1 saturated carbocycles. The molecule has 0 saturated heterocycles. The molecule has 2 heteroatoms. The van der Waals surface area contributed by atoms with Gasteiger partial charge in [0.1, 0.15) is 0 Å². The molecule has 0 aromatic heterocycles. The van der Waals surface area contributed by atoms with Crippen molar-refractivity contribution in [1.82, 2.24) is 4.90 Å². The minimum Gasteiger partial charge on any atom is -0.331 e. The predicted octanol–water partition coefficient (Wildman–Crippen LogP) is 1.60. The monoisotopic (exact) mass is 172 g/mol. The molecular formula is C11H10NO. The number of carbonyl (C=O) groups is 1. The zero-order valence-corrected chi connectivity index (χ0v) is 7.29. The van der Waals surface area contributed by atoms with Crippen molar-refractivity contribution in [2.45, 2.75) is 25.4 Å². The summed E-state index contributed by atoms with van der Waals surface area (Å²) in [5.41, 5.74) is 2.02. The van der Waals surface area contributed by atoms with E-state index in [2.05, 4.69) is 6.07 Å². The molecule has 2 nitrogen and oxygen atoms in total. The fraction of sp³-hybridized carbons (Fsp3) is 0.364. The molecule has 0 atom stereocenters. The van der Waals surface area contributed by atoms with Crippen LogP contribution in [0.15, 0.2) is 18.2 Å². The Balaban J connectivity index is 2.01. The maximum absolute atomic E-state index is 11.8. The highest BCUT2D eigenvalue weighted by Gasteiger charge is 2.37. The van der Waals surface area contributed by atoms with E-state index in [1.807, 2.05) is 23.1 Å². The highest BCUT2D eigenvalue weighted by atomic mass is 16.2. The van der Waals surface area contributed by atoms with Crippen LogP contribution in [0, 0.1) is 6.07 Å². The van der Waals surface area contributed by atoms with Crippen LogP contribution in [-0.4, -0.2) is 16.8 Å². The maximum atomic E-state index is 11.8. The summed E-state index contributed by atoms with van der Waals surface area (Å²) in [6.07, 6.45) is 2.37. The molecular weight excluding hydrogens is 162 g/mol. The summed E-state index contributed by atoms with van der Waals surface area (Å²) in [5, 5.41) is 0. The van der Waals surface area contributed by atoms with Crippen LogP contribution in [-0.2, 0) is 6.54 Å². The van der Waals surface area contributed by atoms with Gasteiger partial charge in [0.15, 0.2) is 0 Å². The van der Waals surface area contributed by atoms with Crippen LogP contribution in [0.3, 0.4) is 0 Å². The lowest BCUT2D eigenvalue weighted by atomic mass is 10.1. The highest BCUT2D eigenvalue weighted by molar-refractivity contribution is 5.98. The summed E-state index contributed by atoms with van der Waals surface area (Å²) in [7, 11) is 0. The van der Waals surface area contributed by atoms with Gasteiger partial charge in [0, 0.05) is 18.2 Å². The second-order valence-electron chi connectivity index (χ2n) is 3.75. The minimum absolute atomic E-state index is 0.214. The van der Waals surface area contributed by atoms with E-state index >= 15 is 0 Å². The van der Waals surface area contributed by atoms with E-state index < -0.39 is 0 Å². The molecule has 1 aliphatic carbocycles. The average Bonchev–Trinajstić information content (AvgIpc) is 2.94. The number of nitrogens with zero attached hydrogens (tertiary/aromatic N) is 1. The van der Waals surface area contributed by atoms with Gasteiger partial charge >= 0.3 is 0 Å². The van der Waals surface area contributed by atoms with Gasteiger partial charge in [-0.15, -0.1) is 0 Å². The number of amides is 1. The minimum atomic E-state index is 0.214. The molecule has 1 aliphatic heterocycles. The lowest BCUT2D eigenvalue weighted by Crippen LogP contribution is -2.25. The van der Waals surface area contributed by atoms with Crippen molar-refractivity contribution in [1.29, 1.82) is 0 Å². The van der Waals surface area contributed by atoms with Gasteiger partial charge < -0.3 is 4.90 Å². The fourth-order valence-corrected chi connectivity index (χ4v) is 1.90. The fourth-order valence-electron chi connectivity index (χ4n) is 1.90. The lowest BCUT2D eigenvalue weighted by molar-refractivity contribution is 0.0766. The van der Waals surface area contributed by atoms with E-state index in [9.17, 15) is 4.79 Å². The van der Waals surface area contributed by atoms with Crippen LogP contribution in [0.1, 0.15) is 28.8 Å². The number of carbonyl (C=O) groups excluding carboxylic acids is 1. The Morgan fingerprint density at radius 2 is 2.31 bits per heavy atom. The van der Waals surface area contributed by atoms with E-state index in [-0.39, 0.29) is 5.91 Å². The summed E-state index contributed by atoms with van der Waals surface area (Å²) in [6.45, 7) is 0.802. The molecule has 1 fully saturated rings. The Kier molecular flexibility index (Phi) is 1.29. The van der Waals surface area contributed by atoms with Gasteiger partial charge in [-0.1, -0.05) is 6.07 Å². The Morgan fingerprint density at radius 1 is 1.46 bits per heavy atom. The summed E-state index contributed by atoms with van der Waals surface area (Å²) < 4.78 is 0. The van der Waals surface area contributed by atoms with Gasteiger partial charge in [-0.25, -0.2) is 0 Å². The molecule has 1 aromatic rings. The molecule has 0 N–H and O–H groups in total. The summed E-state index contributed by atoms with van der Waals surface area (Å²) in [6, 6.07) is 9.16. The molecule has 2 aliphatic rings. The first kappa shape index (κ1) is 7.13. The lowest BCUT2D eigenvalue weighted by Gasteiger charge is -2.13. The molecule has 0 spiro atoms. The third kappa shape index (κ3) is 0.981. The van der Waals surface area contributed by atoms with Gasteiger partial charge in [0.2, 0.25) is 0 Å². The second kappa shape index (κ2) is 2.34. The van der Waals surface area contributed by atoms with Gasteiger partial charge in [-0.05, 0) is 36.6 Å². The zero-order valence-electron chi connectivity index (χ0n) is 7.29. The maximum Gasteiger partial charge on any atom is 0.254 e.